The minimum Gasteiger partial charge on any atom is -0.349 e. The number of hydrogen-bond donors (Lipinski definition) is 1. The fourth-order valence-electron chi connectivity index (χ4n) is 5.52. The topological polar surface area (TPSA) is 52.7 Å². The Bertz CT molecular complexity index is 701. The highest BCUT2D eigenvalue weighted by Crippen LogP contribution is 2.39. The lowest BCUT2D eigenvalue weighted by molar-refractivity contribution is -0.132. The average molecular weight is 384 g/mol. The van der Waals surface area contributed by atoms with Crippen LogP contribution in [-0.4, -0.2) is 58.9 Å². The molecule has 0 bridgehead atoms. The maximum Gasteiger partial charge on any atom is 0.236 e. The van der Waals surface area contributed by atoms with Crippen LogP contribution in [0.25, 0.3) is 0 Å². The monoisotopic (exact) mass is 383 g/mol. The van der Waals surface area contributed by atoms with E-state index >= 15 is 0 Å². The largest absolute Gasteiger partial charge is 0.349 e. The van der Waals surface area contributed by atoms with E-state index in [0.717, 1.165) is 58.0 Å². The molecule has 3 saturated heterocycles. The fraction of sp³-hybridized carbons (Fsp3) is 0.652. The van der Waals surface area contributed by atoms with Crippen LogP contribution in [0, 0.1) is 0 Å². The van der Waals surface area contributed by atoms with Gasteiger partial charge in [0.05, 0.1) is 12.1 Å². The van der Waals surface area contributed by atoms with Crippen molar-refractivity contribution in [3.8, 4) is 0 Å². The van der Waals surface area contributed by atoms with Crippen molar-refractivity contribution in [3.63, 3.8) is 0 Å². The average Bonchev–Trinajstić information content (AvgIpc) is 3.27. The number of hydrogen-bond acceptors (Lipinski definition) is 3. The summed E-state index contributed by atoms with van der Waals surface area (Å²) in [5, 5.41) is 3.34. The molecule has 0 aliphatic carbocycles. The SMILES string of the molecule is C[C@]12C[C@@H](Cc3ccccc3)N(CC(=O)N3CCCC3)[C@H]1CCCCC(=O)N2. The normalized spacial score (nSPS) is 31.2. The first-order chi connectivity index (χ1) is 13.5. The molecule has 0 spiro atoms. The van der Waals surface area contributed by atoms with E-state index in [1.165, 1.54) is 5.56 Å². The number of benzene rings is 1. The second kappa shape index (κ2) is 8.24. The second-order valence-corrected chi connectivity index (χ2v) is 9.04. The minimum atomic E-state index is -0.248. The molecular formula is C23H33N3O2. The third-order valence-electron chi connectivity index (χ3n) is 6.91. The van der Waals surface area contributed by atoms with Crippen molar-refractivity contribution in [3.05, 3.63) is 35.9 Å². The van der Waals surface area contributed by atoms with Crippen molar-refractivity contribution in [2.24, 2.45) is 0 Å². The smallest absolute Gasteiger partial charge is 0.236 e. The van der Waals surface area contributed by atoms with Gasteiger partial charge >= 0.3 is 0 Å². The van der Waals surface area contributed by atoms with Crippen LogP contribution in [0.4, 0.5) is 0 Å². The van der Waals surface area contributed by atoms with E-state index in [1.807, 2.05) is 11.0 Å². The second-order valence-electron chi connectivity index (χ2n) is 9.04. The lowest BCUT2D eigenvalue weighted by atomic mass is 9.85. The molecule has 1 N–H and O–H groups in total. The van der Waals surface area contributed by atoms with Crippen molar-refractivity contribution < 1.29 is 9.59 Å². The Morgan fingerprint density at radius 2 is 1.89 bits per heavy atom. The Balaban J connectivity index is 1.58. The molecule has 4 rings (SSSR count). The summed E-state index contributed by atoms with van der Waals surface area (Å²) in [4.78, 5) is 29.8. The molecule has 0 radical (unpaired) electrons. The summed E-state index contributed by atoms with van der Waals surface area (Å²) < 4.78 is 0. The number of likely N-dealkylation sites (tertiary alicyclic amines) is 2. The van der Waals surface area contributed by atoms with Crippen molar-refractivity contribution in [1.82, 2.24) is 15.1 Å². The summed E-state index contributed by atoms with van der Waals surface area (Å²) >= 11 is 0. The van der Waals surface area contributed by atoms with Crippen LogP contribution in [0.15, 0.2) is 30.3 Å². The maximum absolute atomic E-state index is 13.0. The Morgan fingerprint density at radius 1 is 1.14 bits per heavy atom. The van der Waals surface area contributed by atoms with E-state index in [1.54, 1.807) is 0 Å². The van der Waals surface area contributed by atoms with E-state index in [-0.39, 0.29) is 29.4 Å². The van der Waals surface area contributed by atoms with Crippen LogP contribution in [0.1, 0.15) is 57.4 Å². The molecule has 3 aliphatic rings. The van der Waals surface area contributed by atoms with Crippen LogP contribution in [0.2, 0.25) is 0 Å². The van der Waals surface area contributed by atoms with Crippen molar-refractivity contribution >= 4 is 11.8 Å². The number of amides is 2. The quantitative estimate of drug-likeness (QED) is 0.870. The molecule has 3 fully saturated rings. The molecule has 1 aromatic rings. The van der Waals surface area contributed by atoms with E-state index in [2.05, 4.69) is 41.4 Å². The summed E-state index contributed by atoms with van der Waals surface area (Å²) in [5.74, 6) is 0.423. The molecule has 1 aromatic carbocycles. The summed E-state index contributed by atoms with van der Waals surface area (Å²) in [6.07, 6.45) is 7.75. The zero-order chi connectivity index (χ0) is 19.6. The molecule has 0 aromatic heterocycles. The summed E-state index contributed by atoms with van der Waals surface area (Å²) in [5.41, 5.74) is 1.05. The minimum absolute atomic E-state index is 0.165. The van der Waals surface area contributed by atoms with Crippen molar-refractivity contribution in [1.29, 1.82) is 0 Å². The molecule has 28 heavy (non-hydrogen) atoms. The van der Waals surface area contributed by atoms with E-state index in [0.29, 0.717) is 13.0 Å². The number of nitrogens with zero attached hydrogens (tertiary/aromatic N) is 2. The predicted molar refractivity (Wildman–Crippen MR) is 110 cm³/mol. The lowest BCUT2D eigenvalue weighted by Crippen LogP contribution is -2.56. The van der Waals surface area contributed by atoms with Gasteiger partial charge in [-0.3, -0.25) is 14.5 Å². The number of fused-ring (bicyclic) bond motifs is 1. The van der Waals surface area contributed by atoms with Gasteiger partial charge in [-0.2, -0.15) is 0 Å². The van der Waals surface area contributed by atoms with Gasteiger partial charge in [-0.05, 0) is 51.0 Å². The molecule has 5 heteroatoms. The molecule has 0 unspecified atom stereocenters. The van der Waals surface area contributed by atoms with Crippen molar-refractivity contribution in [2.45, 2.75) is 75.9 Å². The molecule has 5 nitrogen and oxygen atoms in total. The Labute approximate surface area is 168 Å². The van der Waals surface area contributed by atoms with E-state index in [4.69, 9.17) is 0 Å². The van der Waals surface area contributed by atoms with Gasteiger partial charge in [0.1, 0.15) is 0 Å². The Morgan fingerprint density at radius 3 is 2.64 bits per heavy atom. The fourth-order valence-corrected chi connectivity index (χ4v) is 5.52. The summed E-state index contributed by atoms with van der Waals surface area (Å²) in [6, 6.07) is 11.1. The van der Waals surface area contributed by atoms with Crippen LogP contribution in [0.5, 0.6) is 0 Å². The van der Waals surface area contributed by atoms with Gasteiger partial charge in [0.15, 0.2) is 0 Å². The van der Waals surface area contributed by atoms with E-state index < -0.39 is 0 Å². The first-order valence-electron chi connectivity index (χ1n) is 10.9. The molecule has 152 valence electrons. The molecule has 2 amide bonds. The van der Waals surface area contributed by atoms with E-state index in [9.17, 15) is 9.59 Å². The molecule has 3 atom stereocenters. The zero-order valence-corrected chi connectivity index (χ0v) is 17.0. The van der Waals surface area contributed by atoms with Gasteiger partial charge < -0.3 is 10.2 Å². The molecular weight excluding hydrogens is 350 g/mol. The van der Waals surface area contributed by atoms with Crippen LogP contribution in [-0.2, 0) is 16.0 Å². The Hall–Kier alpha value is -1.88. The maximum atomic E-state index is 13.0. The summed E-state index contributed by atoms with van der Waals surface area (Å²) in [7, 11) is 0. The highest BCUT2D eigenvalue weighted by Gasteiger charge is 2.50. The zero-order valence-electron chi connectivity index (χ0n) is 17.0. The lowest BCUT2D eigenvalue weighted by Gasteiger charge is -2.38. The number of carbonyl (C=O) groups is 2. The summed E-state index contributed by atoms with van der Waals surface area (Å²) in [6.45, 7) is 4.47. The number of carbonyl (C=O) groups excluding carboxylic acids is 2. The van der Waals surface area contributed by atoms with Crippen LogP contribution in [0.3, 0.4) is 0 Å². The highest BCUT2D eigenvalue weighted by molar-refractivity contribution is 5.79. The first kappa shape index (κ1) is 19.4. The molecule has 3 heterocycles. The molecule has 3 aliphatic heterocycles. The molecule has 0 saturated carbocycles. The Kier molecular flexibility index (Phi) is 5.72. The van der Waals surface area contributed by atoms with Crippen LogP contribution >= 0.6 is 0 Å². The third kappa shape index (κ3) is 4.09. The highest BCUT2D eigenvalue weighted by atomic mass is 16.2. The number of rotatable bonds is 4. The van der Waals surface area contributed by atoms with Gasteiger partial charge in [-0.25, -0.2) is 0 Å². The first-order valence-corrected chi connectivity index (χ1v) is 10.9. The number of nitrogens with one attached hydrogen (secondary N) is 1. The van der Waals surface area contributed by atoms with Gasteiger partial charge in [0, 0.05) is 31.6 Å². The van der Waals surface area contributed by atoms with Gasteiger partial charge in [-0.15, -0.1) is 0 Å². The van der Waals surface area contributed by atoms with Gasteiger partial charge in [0.25, 0.3) is 0 Å². The van der Waals surface area contributed by atoms with Crippen LogP contribution < -0.4 is 5.32 Å². The van der Waals surface area contributed by atoms with Crippen molar-refractivity contribution in [2.75, 3.05) is 19.6 Å². The van der Waals surface area contributed by atoms with Gasteiger partial charge in [-0.1, -0.05) is 36.8 Å². The standard InChI is InChI=1S/C23H33N3O2/c1-23-16-19(15-18-9-3-2-4-10-18)26(17-22(28)25-13-7-8-14-25)20(23)11-5-6-12-21(27)24-23/h2-4,9-10,19-20H,5-8,11-17H2,1H3,(H,24,27)/t19-,20+,23+/m1/s1. The predicted octanol–water partition coefficient (Wildman–Crippen LogP) is 2.74. The third-order valence-corrected chi connectivity index (χ3v) is 6.91. The van der Waals surface area contributed by atoms with Gasteiger partial charge in [0.2, 0.25) is 11.8 Å².